The molecule has 1 aromatic rings. The minimum absolute atomic E-state index is 0.104. The Kier molecular flexibility index (Phi) is 4.92. The van der Waals surface area contributed by atoms with Crippen LogP contribution in [0.1, 0.15) is 30.3 Å². The van der Waals surface area contributed by atoms with Crippen molar-refractivity contribution in [3.8, 4) is 0 Å². The number of nitrogens with zero attached hydrogens (tertiary/aromatic N) is 2. The van der Waals surface area contributed by atoms with Gasteiger partial charge in [-0.05, 0) is 25.0 Å². The monoisotopic (exact) mass is 276 g/mol. The van der Waals surface area contributed by atoms with Gasteiger partial charge in [0.15, 0.2) is 0 Å². The molecule has 0 spiro atoms. The molecular formula is C14H20N4O2. The molecule has 1 aliphatic heterocycles. The molecule has 0 radical (unpaired) electrons. The number of pyridine rings is 1. The lowest BCUT2D eigenvalue weighted by atomic mass is 10.3. The van der Waals surface area contributed by atoms with Crippen LogP contribution in [0.15, 0.2) is 18.2 Å². The molecule has 108 valence electrons. The van der Waals surface area contributed by atoms with Crippen molar-refractivity contribution in [2.45, 2.75) is 19.8 Å². The summed E-state index contributed by atoms with van der Waals surface area (Å²) in [4.78, 5) is 29.7. The van der Waals surface area contributed by atoms with E-state index in [-0.39, 0.29) is 18.4 Å². The molecule has 1 aliphatic rings. The zero-order valence-corrected chi connectivity index (χ0v) is 11.7. The van der Waals surface area contributed by atoms with Gasteiger partial charge in [-0.25, -0.2) is 4.98 Å². The summed E-state index contributed by atoms with van der Waals surface area (Å²) >= 11 is 0. The van der Waals surface area contributed by atoms with Gasteiger partial charge in [-0.2, -0.15) is 0 Å². The Hall–Kier alpha value is -2.11. The lowest BCUT2D eigenvalue weighted by Gasteiger charge is -2.18. The Labute approximate surface area is 118 Å². The third-order valence-corrected chi connectivity index (χ3v) is 3.07. The number of anilines is 1. The second-order valence-electron chi connectivity index (χ2n) is 4.77. The van der Waals surface area contributed by atoms with Crippen LogP contribution >= 0.6 is 0 Å². The maximum Gasteiger partial charge on any atom is 0.273 e. The zero-order valence-electron chi connectivity index (χ0n) is 11.7. The van der Waals surface area contributed by atoms with Crippen molar-refractivity contribution in [1.82, 2.24) is 15.2 Å². The molecule has 20 heavy (non-hydrogen) atoms. The summed E-state index contributed by atoms with van der Waals surface area (Å²) in [5.41, 5.74) is 0.376. The fraction of sp³-hybridized carbons (Fsp3) is 0.500. The lowest BCUT2D eigenvalue weighted by Crippen LogP contribution is -2.37. The van der Waals surface area contributed by atoms with Gasteiger partial charge >= 0.3 is 0 Å². The van der Waals surface area contributed by atoms with E-state index < -0.39 is 0 Å². The van der Waals surface area contributed by atoms with Crippen LogP contribution in [0, 0.1) is 0 Å². The predicted octanol–water partition coefficient (Wildman–Crippen LogP) is 0.866. The van der Waals surface area contributed by atoms with Crippen LogP contribution in [-0.4, -0.2) is 47.9 Å². The molecule has 0 atom stereocenters. The van der Waals surface area contributed by atoms with Crippen molar-refractivity contribution in [1.29, 1.82) is 0 Å². The third-order valence-electron chi connectivity index (χ3n) is 3.07. The Morgan fingerprint density at radius 3 is 3.15 bits per heavy atom. The van der Waals surface area contributed by atoms with E-state index >= 15 is 0 Å². The molecule has 0 bridgehead atoms. The Bertz CT molecular complexity index is 490. The first-order chi connectivity index (χ1) is 9.70. The average molecular weight is 276 g/mol. The van der Waals surface area contributed by atoms with Crippen molar-refractivity contribution < 1.29 is 9.59 Å². The maximum absolute atomic E-state index is 12.4. The Morgan fingerprint density at radius 1 is 1.50 bits per heavy atom. The fourth-order valence-corrected chi connectivity index (χ4v) is 2.05. The van der Waals surface area contributed by atoms with Gasteiger partial charge in [-0.3, -0.25) is 9.59 Å². The third kappa shape index (κ3) is 3.69. The SMILES string of the molecule is CCCNc1cccc(C(=O)N2CCCNC(=O)C2)n1. The van der Waals surface area contributed by atoms with Gasteiger partial charge in [-0.1, -0.05) is 13.0 Å². The second-order valence-corrected chi connectivity index (χ2v) is 4.77. The molecule has 1 saturated heterocycles. The highest BCUT2D eigenvalue weighted by molar-refractivity contribution is 5.95. The molecule has 0 unspecified atom stereocenters. The number of rotatable bonds is 4. The van der Waals surface area contributed by atoms with Crippen LogP contribution in [0.3, 0.4) is 0 Å². The minimum atomic E-state index is -0.192. The molecule has 1 fully saturated rings. The summed E-state index contributed by atoms with van der Waals surface area (Å²) < 4.78 is 0. The molecule has 0 saturated carbocycles. The van der Waals surface area contributed by atoms with Crippen LogP contribution in [0.25, 0.3) is 0 Å². The minimum Gasteiger partial charge on any atom is -0.370 e. The largest absolute Gasteiger partial charge is 0.370 e. The van der Waals surface area contributed by atoms with E-state index in [0.29, 0.717) is 24.6 Å². The maximum atomic E-state index is 12.4. The highest BCUT2D eigenvalue weighted by Gasteiger charge is 2.21. The zero-order chi connectivity index (χ0) is 14.4. The second kappa shape index (κ2) is 6.88. The van der Waals surface area contributed by atoms with Crippen LogP contribution in [0.2, 0.25) is 0 Å². The number of carbonyl (C=O) groups excluding carboxylic acids is 2. The van der Waals surface area contributed by atoms with Crippen LogP contribution in [-0.2, 0) is 4.79 Å². The Morgan fingerprint density at radius 2 is 2.35 bits per heavy atom. The van der Waals surface area contributed by atoms with Gasteiger partial charge in [-0.15, -0.1) is 0 Å². The normalized spacial score (nSPS) is 15.4. The van der Waals surface area contributed by atoms with Gasteiger partial charge in [0.1, 0.15) is 11.5 Å². The van der Waals surface area contributed by atoms with Crippen molar-refractivity contribution >= 4 is 17.6 Å². The quantitative estimate of drug-likeness (QED) is 0.855. The molecule has 6 heteroatoms. The molecule has 2 heterocycles. The standard InChI is InChI=1S/C14H20N4O2/c1-2-7-15-12-6-3-5-11(17-12)14(20)18-9-4-8-16-13(19)10-18/h3,5-6H,2,4,7-10H2,1H3,(H,15,17)(H,16,19). The molecule has 1 aromatic heterocycles. The van der Waals surface area contributed by atoms with Crippen molar-refractivity contribution in [3.63, 3.8) is 0 Å². The van der Waals surface area contributed by atoms with E-state index in [4.69, 9.17) is 0 Å². The van der Waals surface area contributed by atoms with Crippen LogP contribution in [0.4, 0.5) is 5.82 Å². The summed E-state index contributed by atoms with van der Waals surface area (Å²) in [6.07, 6.45) is 1.76. The highest BCUT2D eigenvalue weighted by atomic mass is 16.2. The number of hydrogen-bond acceptors (Lipinski definition) is 4. The van der Waals surface area contributed by atoms with Gasteiger partial charge in [0.2, 0.25) is 5.91 Å². The molecule has 6 nitrogen and oxygen atoms in total. The van der Waals surface area contributed by atoms with Gasteiger partial charge < -0.3 is 15.5 Å². The molecule has 2 rings (SSSR count). The van der Waals surface area contributed by atoms with Crippen molar-refractivity contribution in [3.05, 3.63) is 23.9 Å². The number of carbonyl (C=O) groups is 2. The highest BCUT2D eigenvalue weighted by Crippen LogP contribution is 2.09. The summed E-state index contributed by atoms with van der Waals surface area (Å²) in [7, 11) is 0. The molecule has 0 aliphatic carbocycles. The van der Waals surface area contributed by atoms with Crippen molar-refractivity contribution in [2.75, 3.05) is 31.5 Å². The Balaban J connectivity index is 2.09. The summed E-state index contributed by atoms with van der Waals surface area (Å²) in [5.74, 6) is 0.385. The van der Waals surface area contributed by atoms with Gasteiger partial charge in [0.05, 0.1) is 6.54 Å². The number of aromatic nitrogens is 1. The topological polar surface area (TPSA) is 74.3 Å². The summed E-state index contributed by atoms with van der Waals surface area (Å²) in [6, 6.07) is 5.32. The molecule has 2 N–H and O–H groups in total. The predicted molar refractivity (Wildman–Crippen MR) is 76.5 cm³/mol. The fourth-order valence-electron chi connectivity index (χ4n) is 2.05. The van der Waals surface area contributed by atoms with E-state index in [2.05, 4.69) is 22.5 Å². The lowest BCUT2D eigenvalue weighted by molar-refractivity contribution is -0.121. The van der Waals surface area contributed by atoms with E-state index in [1.54, 1.807) is 17.0 Å². The van der Waals surface area contributed by atoms with E-state index in [0.717, 1.165) is 19.4 Å². The van der Waals surface area contributed by atoms with Crippen molar-refractivity contribution in [2.24, 2.45) is 0 Å². The van der Waals surface area contributed by atoms with Gasteiger partial charge in [0, 0.05) is 19.6 Å². The molecular weight excluding hydrogens is 256 g/mol. The van der Waals surface area contributed by atoms with E-state index in [1.807, 2.05) is 6.07 Å². The number of nitrogens with one attached hydrogen (secondary N) is 2. The van der Waals surface area contributed by atoms with Crippen LogP contribution < -0.4 is 10.6 Å². The summed E-state index contributed by atoms with van der Waals surface area (Å²) in [5, 5.41) is 5.91. The van der Waals surface area contributed by atoms with Gasteiger partial charge in [0.25, 0.3) is 5.91 Å². The van der Waals surface area contributed by atoms with Crippen LogP contribution in [0.5, 0.6) is 0 Å². The molecule has 0 aromatic carbocycles. The first kappa shape index (κ1) is 14.3. The number of hydrogen-bond donors (Lipinski definition) is 2. The van der Waals surface area contributed by atoms with E-state index in [1.165, 1.54) is 0 Å². The smallest absolute Gasteiger partial charge is 0.273 e. The first-order valence-corrected chi connectivity index (χ1v) is 6.97. The molecule has 2 amide bonds. The number of amides is 2. The van der Waals surface area contributed by atoms with E-state index in [9.17, 15) is 9.59 Å². The average Bonchev–Trinajstić information content (AvgIpc) is 2.69. The summed E-state index contributed by atoms with van der Waals surface area (Å²) in [6.45, 7) is 4.18. The first-order valence-electron chi connectivity index (χ1n) is 6.97.